The summed E-state index contributed by atoms with van der Waals surface area (Å²) in [6.07, 6.45) is 1.13. The summed E-state index contributed by atoms with van der Waals surface area (Å²) in [5.41, 5.74) is 0.381. The first-order valence-electron chi connectivity index (χ1n) is 8.26. The van der Waals surface area contributed by atoms with Crippen LogP contribution in [0.15, 0.2) is 24.3 Å². The van der Waals surface area contributed by atoms with Gasteiger partial charge in [-0.3, -0.25) is 9.59 Å². The highest BCUT2D eigenvalue weighted by Crippen LogP contribution is 2.26. The molecule has 0 heterocycles. The molecule has 0 aliphatic rings. The van der Waals surface area contributed by atoms with E-state index in [-0.39, 0.29) is 29.2 Å². The van der Waals surface area contributed by atoms with Crippen LogP contribution >= 0.6 is 0 Å². The minimum absolute atomic E-state index is 0.0600. The lowest BCUT2D eigenvalue weighted by Gasteiger charge is -2.33. The monoisotopic (exact) mass is 334 g/mol. The number of hydrogen-bond acceptors (Lipinski definition) is 3. The molecule has 1 aromatic carbocycles. The maximum atomic E-state index is 12.1. The molecule has 0 aromatic heterocycles. The molecule has 1 aromatic rings. The first-order chi connectivity index (χ1) is 11.0. The Morgan fingerprint density at radius 3 is 2.38 bits per heavy atom. The summed E-state index contributed by atoms with van der Waals surface area (Å²) in [7, 11) is 1.56. The van der Waals surface area contributed by atoms with E-state index < -0.39 is 0 Å². The van der Waals surface area contributed by atoms with Crippen LogP contribution in [0.5, 0.6) is 5.75 Å². The van der Waals surface area contributed by atoms with Crippen molar-refractivity contribution in [2.24, 2.45) is 5.41 Å². The fraction of sp³-hybridized carbons (Fsp3) is 0.579. The van der Waals surface area contributed by atoms with Gasteiger partial charge >= 0.3 is 0 Å². The van der Waals surface area contributed by atoms with Gasteiger partial charge in [0, 0.05) is 24.1 Å². The number of amides is 2. The number of methoxy groups -OCH3 is 1. The second-order valence-corrected chi connectivity index (χ2v) is 7.91. The van der Waals surface area contributed by atoms with E-state index in [0.29, 0.717) is 17.9 Å². The van der Waals surface area contributed by atoms with E-state index in [4.69, 9.17) is 4.74 Å². The molecule has 0 fully saturated rings. The fourth-order valence-electron chi connectivity index (χ4n) is 2.97. The van der Waals surface area contributed by atoms with Crippen molar-refractivity contribution in [3.05, 3.63) is 29.8 Å². The van der Waals surface area contributed by atoms with Gasteiger partial charge in [-0.2, -0.15) is 0 Å². The molecule has 0 bridgehead atoms. The van der Waals surface area contributed by atoms with Crippen molar-refractivity contribution in [1.29, 1.82) is 0 Å². The molecule has 0 atom stereocenters. The van der Waals surface area contributed by atoms with Crippen molar-refractivity contribution in [1.82, 2.24) is 10.6 Å². The minimum atomic E-state index is -0.272. The molecule has 1 rings (SSSR count). The van der Waals surface area contributed by atoms with Crippen molar-refractivity contribution < 1.29 is 14.3 Å². The van der Waals surface area contributed by atoms with Gasteiger partial charge < -0.3 is 15.4 Å². The lowest BCUT2D eigenvalue weighted by molar-refractivity contribution is -0.122. The molecule has 0 radical (unpaired) electrons. The first-order valence-corrected chi connectivity index (χ1v) is 8.26. The molecule has 5 heteroatoms. The highest BCUT2D eigenvalue weighted by molar-refractivity contribution is 5.94. The molecule has 0 aliphatic heterocycles. The molecule has 24 heavy (non-hydrogen) atoms. The van der Waals surface area contributed by atoms with Gasteiger partial charge in [0.1, 0.15) is 5.75 Å². The van der Waals surface area contributed by atoms with Crippen molar-refractivity contribution in [2.75, 3.05) is 13.7 Å². The fourth-order valence-corrected chi connectivity index (χ4v) is 2.97. The molecular formula is C19H30N2O3. The molecule has 0 spiro atoms. The van der Waals surface area contributed by atoms with Gasteiger partial charge in [-0.1, -0.05) is 26.8 Å². The Labute approximate surface area is 145 Å². The standard InChI is InChI=1S/C19H30N2O3/c1-18(2,3)13-19(4,5)21-16(22)10-11-20-17(23)14-8-7-9-15(12-14)24-6/h7-9,12H,10-11,13H2,1-6H3,(H,20,23)(H,21,22). The summed E-state index contributed by atoms with van der Waals surface area (Å²) < 4.78 is 5.10. The average molecular weight is 334 g/mol. The third kappa shape index (κ3) is 7.49. The number of benzene rings is 1. The molecule has 0 unspecified atom stereocenters. The lowest BCUT2D eigenvalue weighted by Crippen LogP contribution is -2.46. The lowest BCUT2D eigenvalue weighted by atomic mass is 9.82. The summed E-state index contributed by atoms with van der Waals surface area (Å²) in [5, 5.41) is 5.79. The Kier molecular flexibility index (Phi) is 6.81. The van der Waals surface area contributed by atoms with Gasteiger partial charge in [0.25, 0.3) is 5.91 Å². The quantitative estimate of drug-likeness (QED) is 0.805. The molecule has 5 nitrogen and oxygen atoms in total. The van der Waals surface area contributed by atoms with Crippen molar-refractivity contribution in [3.8, 4) is 5.75 Å². The summed E-state index contributed by atoms with van der Waals surface area (Å²) >= 11 is 0. The minimum Gasteiger partial charge on any atom is -0.497 e. The number of ether oxygens (including phenoxy) is 1. The summed E-state index contributed by atoms with van der Waals surface area (Å²) in [4.78, 5) is 24.1. The van der Waals surface area contributed by atoms with E-state index in [1.165, 1.54) is 0 Å². The van der Waals surface area contributed by atoms with Gasteiger partial charge in [0.05, 0.1) is 7.11 Å². The van der Waals surface area contributed by atoms with Gasteiger partial charge in [0.15, 0.2) is 0 Å². The van der Waals surface area contributed by atoms with E-state index in [9.17, 15) is 9.59 Å². The number of carbonyl (C=O) groups excluding carboxylic acids is 2. The highest BCUT2D eigenvalue weighted by atomic mass is 16.5. The predicted molar refractivity (Wildman–Crippen MR) is 96.2 cm³/mol. The third-order valence-electron chi connectivity index (χ3n) is 3.42. The Hall–Kier alpha value is -2.04. The molecule has 0 saturated carbocycles. The largest absolute Gasteiger partial charge is 0.497 e. The van der Waals surface area contributed by atoms with Crippen molar-refractivity contribution >= 4 is 11.8 Å². The highest BCUT2D eigenvalue weighted by Gasteiger charge is 2.26. The van der Waals surface area contributed by atoms with E-state index in [2.05, 4.69) is 31.4 Å². The predicted octanol–water partition coefficient (Wildman–Crippen LogP) is 3.15. The second kappa shape index (κ2) is 8.18. The number of carbonyl (C=O) groups is 2. The average Bonchev–Trinajstić information content (AvgIpc) is 2.43. The zero-order chi connectivity index (χ0) is 18.4. The van der Waals surface area contributed by atoms with Crippen LogP contribution in [0.25, 0.3) is 0 Å². The van der Waals surface area contributed by atoms with Gasteiger partial charge in [-0.05, 0) is 43.9 Å². The molecule has 2 N–H and O–H groups in total. The van der Waals surface area contributed by atoms with Crippen LogP contribution in [0.3, 0.4) is 0 Å². The molecule has 0 aliphatic carbocycles. The van der Waals surface area contributed by atoms with E-state index in [1.807, 2.05) is 13.8 Å². The normalized spacial score (nSPS) is 11.8. The van der Waals surface area contributed by atoms with Crippen molar-refractivity contribution in [2.45, 2.75) is 53.0 Å². The number of rotatable bonds is 7. The third-order valence-corrected chi connectivity index (χ3v) is 3.42. The Bertz CT molecular complexity index is 574. The Balaban J connectivity index is 2.43. The van der Waals surface area contributed by atoms with E-state index >= 15 is 0 Å². The molecular weight excluding hydrogens is 304 g/mol. The topological polar surface area (TPSA) is 67.4 Å². The van der Waals surface area contributed by atoms with E-state index in [1.54, 1.807) is 31.4 Å². The maximum Gasteiger partial charge on any atom is 0.251 e. The SMILES string of the molecule is COc1cccc(C(=O)NCCC(=O)NC(C)(C)CC(C)(C)C)c1. The summed E-state index contributed by atoms with van der Waals surface area (Å²) in [6.45, 7) is 10.8. The molecule has 2 amide bonds. The van der Waals surface area contributed by atoms with Gasteiger partial charge in [-0.15, -0.1) is 0 Å². The zero-order valence-electron chi connectivity index (χ0n) is 15.7. The van der Waals surface area contributed by atoms with Crippen LogP contribution in [0.4, 0.5) is 0 Å². The van der Waals surface area contributed by atoms with Gasteiger partial charge in [-0.25, -0.2) is 0 Å². The van der Waals surface area contributed by atoms with Crippen LogP contribution in [-0.4, -0.2) is 31.0 Å². The van der Waals surface area contributed by atoms with Crippen molar-refractivity contribution in [3.63, 3.8) is 0 Å². The van der Waals surface area contributed by atoms with Crippen LogP contribution in [0.2, 0.25) is 0 Å². The maximum absolute atomic E-state index is 12.1. The van der Waals surface area contributed by atoms with Crippen LogP contribution < -0.4 is 15.4 Å². The van der Waals surface area contributed by atoms with E-state index in [0.717, 1.165) is 6.42 Å². The molecule has 134 valence electrons. The number of nitrogens with one attached hydrogen (secondary N) is 2. The second-order valence-electron chi connectivity index (χ2n) is 7.91. The first kappa shape index (κ1) is 20.0. The summed E-state index contributed by atoms with van der Waals surface area (Å²) in [5.74, 6) is 0.357. The van der Waals surface area contributed by atoms with Crippen LogP contribution in [-0.2, 0) is 4.79 Å². The number of hydrogen-bond donors (Lipinski definition) is 2. The van der Waals surface area contributed by atoms with Crippen LogP contribution in [0.1, 0.15) is 57.8 Å². The summed E-state index contributed by atoms with van der Waals surface area (Å²) in [6, 6.07) is 6.92. The zero-order valence-corrected chi connectivity index (χ0v) is 15.7. The van der Waals surface area contributed by atoms with Crippen LogP contribution in [0, 0.1) is 5.41 Å². The Morgan fingerprint density at radius 2 is 1.79 bits per heavy atom. The molecule has 0 saturated heterocycles. The van der Waals surface area contributed by atoms with Gasteiger partial charge in [0.2, 0.25) is 5.91 Å². The smallest absolute Gasteiger partial charge is 0.251 e. The Morgan fingerprint density at radius 1 is 1.12 bits per heavy atom.